The number of nitrogens with one attached hydrogen (secondary N) is 1. The number of nitrogens with zero attached hydrogens (tertiary/aromatic N) is 1. The van der Waals surface area contributed by atoms with Crippen LogP contribution in [-0.4, -0.2) is 41.9 Å². The van der Waals surface area contributed by atoms with E-state index in [1.54, 1.807) is 24.3 Å². The Balaban J connectivity index is 1.89. The van der Waals surface area contributed by atoms with Crippen molar-refractivity contribution in [2.24, 2.45) is 17.6 Å². The van der Waals surface area contributed by atoms with Crippen LogP contribution in [0.15, 0.2) is 24.3 Å². The van der Waals surface area contributed by atoms with E-state index in [2.05, 4.69) is 19.2 Å². The van der Waals surface area contributed by atoms with Crippen molar-refractivity contribution in [1.29, 1.82) is 0 Å². The van der Waals surface area contributed by atoms with Crippen LogP contribution in [0.3, 0.4) is 0 Å². The number of carbonyl (C=O) groups excluding carboxylic acids is 2. The second kappa shape index (κ2) is 4.84. The number of fused-ring (bicyclic) bond motifs is 1. The lowest BCUT2D eigenvalue weighted by Gasteiger charge is -2.35. The number of hydrogen-bond donors (Lipinski definition) is 2. The Morgan fingerprint density at radius 2 is 2.00 bits per heavy atom. The minimum absolute atomic E-state index is 0.0162. The summed E-state index contributed by atoms with van der Waals surface area (Å²) in [6, 6.07) is 6.68. The van der Waals surface area contributed by atoms with Gasteiger partial charge in [-0.3, -0.25) is 9.59 Å². The highest BCUT2D eigenvalue weighted by Crippen LogP contribution is 2.41. The van der Waals surface area contributed by atoms with Gasteiger partial charge in [0.1, 0.15) is 0 Å². The van der Waals surface area contributed by atoms with Crippen molar-refractivity contribution >= 4 is 11.8 Å². The molecule has 2 atom stereocenters. The Morgan fingerprint density at radius 1 is 1.29 bits per heavy atom. The van der Waals surface area contributed by atoms with Crippen LogP contribution in [0.1, 0.15) is 34.6 Å². The smallest absolute Gasteiger partial charge is 0.254 e. The lowest BCUT2D eigenvalue weighted by atomic mass is 9.84. The zero-order valence-electron chi connectivity index (χ0n) is 12.4. The summed E-state index contributed by atoms with van der Waals surface area (Å²) in [5.41, 5.74) is 6.03. The minimum atomic E-state index is -0.508. The molecule has 3 rings (SSSR count). The van der Waals surface area contributed by atoms with E-state index in [9.17, 15) is 9.59 Å². The highest BCUT2D eigenvalue weighted by Gasteiger charge is 2.51. The van der Waals surface area contributed by atoms with Gasteiger partial charge in [-0.05, 0) is 43.9 Å². The van der Waals surface area contributed by atoms with Crippen molar-refractivity contribution < 1.29 is 9.59 Å². The topological polar surface area (TPSA) is 75.4 Å². The van der Waals surface area contributed by atoms with Gasteiger partial charge in [0.05, 0.1) is 0 Å². The first-order valence-electron chi connectivity index (χ1n) is 7.34. The van der Waals surface area contributed by atoms with Crippen LogP contribution < -0.4 is 11.1 Å². The van der Waals surface area contributed by atoms with Crippen molar-refractivity contribution in [3.8, 4) is 0 Å². The lowest BCUT2D eigenvalue weighted by molar-refractivity contribution is 0.0603. The molecule has 2 aliphatic rings. The van der Waals surface area contributed by atoms with Crippen molar-refractivity contribution in [3.05, 3.63) is 35.4 Å². The molecule has 2 unspecified atom stereocenters. The molecular weight excluding hydrogens is 266 g/mol. The van der Waals surface area contributed by atoms with Gasteiger partial charge >= 0.3 is 0 Å². The normalized spacial score (nSPS) is 26.7. The van der Waals surface area contributed by atoms with Gasteiger partial charge in [-0.15, -0.1) is 0 Å². The number of rotatable bonds is 2. The molecule has 21 heavy (non-hydrogen) atoms. The summed E-state index contributed by atoms with van der Waals surface area (Å²) in [5, 5.41) is 3.40. The predicted molar refractivity (Wildman–Crippen MR) is 79.9 cm³/mol. The van der Waals surface area contributed by atoms with E-state index in [0.717, 1.165) is 19.6 Å². The zero-order chi connectivity index (χ0) is 15.2. The average Bonchev–Trinajstić information content (AvgIpc) is 3.01. The number of benzene rings is 1. The third kappa shape index (κ3) is 2.21. The molecule has 1 aromatic rings. The van der Waals surface area contributed by atoms with Crippen LogP contribution in [0.5, 0.6) is 0 Å². The summed E-state index contributed by atoms with van der Waals surface area (Å²) in [5.74, 6) is 0.480. The maximum atomic E-state index is 12.8. The number of likely N-dealkylation sites (tertiary alicyclic amines) is 1. The van der Waals surface area contributed by atoms with Crippen molar-refractivity contribution in [2.45, 2.75) is 19.4 Å². The van der Waals surface area contributed by atoms with E-state index in [-0.39, 0.29) is 11.4 Å². The number of nitrogens with two attached hydrogens (primary N) is 1. The molecule has 1 aromatic carbocycles. The second-order valence-electron chi connectivity index (χ2n) is 6.54. The largest absolute Gasteiger partial charge is 0.366 e. The molecule has 2 saturated heterocycles. The number of amides is 2. The highest BCUT2D eigenvalue weighted by atomic mass is 16.2. The van der Waals surface area contributed by atoms with Crippen LogP contribution in [0.4, 0.5) is 0 Å². The monoisotopic (exact) mass is 287 g/mol. The summed E-state index contributed by atoms with van der Waals surface area (Å²) >= 11 is 0. The quantitative estimate of drug-likeness (QED) is 0.847. The molecule has 2 fully saturated rings. The summed E-state index contributed by atoms with van der Waals surface area (Å²) in [6.45, 7) is 6.95. The minimum Gasteiger partial charge on any atom is -0.366 e. The average molecular weight is 287 g/mol. The Hall–Kier alpha value is -1.88. The van der Waals surface area contributed by atoms with E-state index < -0.39 is 5.91 Å². The molecule has 0 aliphatic carbocycles. The molecule has 5 nitrogen and oxygen atoms in total. The van der Waals surface area contributed by atoms with Crippen molar-refractivity contribution in [1.82, 2.24) is 10.2 Å². The van der Waals surface area contributed by atoms with E-state index in [4.69, 9.17) is 5.73 Å². The molecule has 2 heterocycles. The Bertz CT molecular complexity index is 597. The number of hydrogen-bond acceptors (Lipinski definition) is 3. The molecule has 0 spiro atoms. The van der Waals surface area contributed by atoms with Crippen molar-refractivity contribution in [3.63, 3.8) is 0 Å². The van der Waals surface area contributed by atoms with Crippen LogP contribution in [0.2, 0.25) is 0 Å². The molecular formula is C16H21N3O2. The van der Waals surface area contributed by atoms with Crippen LogP contribution >= 0.6 is 0 Å². The molecule has 0 aromatic heterocycles. The lowest BCUT2D eigenvalue weighted by Crippen LogP contribution is -2.47. The first-order valence-corrected chi connectivity index (χ1v) is 7.34. The summed E-state index contributed by atoms with van der Waals surface area (Å²) in [6.07, 6.45) is 0. The maximum Gasteiger partial charge on any atom is 0.254 e. The summed E-state index contributed by atoms with van der Waals surface area (Å²) in [4.78, 5) is 26.0. The molecule has 2 aliphatic heterocycles. The molecule has 0 radical (unpaired) electrons. The van der Waals surface area contributed by atoms with Gasteiger partial charge in [-0.25, -0.2) is 0 Å². The Kier molecular flexibility index (Phi) is 3.24. The Morgan fingerprint density at radius 3 is 2.67 bits per heavy atom. The summed E-state index contributed by atoms with van der Waals surface area (Å²) in [7, 11) is 0. The fraction of sp³-hybridized carbons (Fsp3) is 0.500. The van der Waals surface area contributed by atoms with Crippen molar-refractivity contribution in [2.75, 3.05) is 19.6 Å². The van der Waals surface area contributed by atoms with Gasteiger partial charge in [0, 0.05) is 36.3 Å². The molecule has 3 N–H and O–H groups in total. The van der Waals surface area contributed by atoms with E-state index >= 15 is 0 Å². The molecule has 0 bridgehead atoms. The zero-order valence-corrected chi connectivity index (χ0v) is 12.4. The first-order chi connectivity index (χ1) is 9.91. The Labute approximate surface area is 124 Å². The van der Waals surface area contributed by atoms with Gasteiger partial charge in [0.2, 0.25) is 5.91 Å². The van der Waals surface area contributed by atoms with Crippen LogP contribution in [0, 0.1) is 11.8 Å². The number of primary amides is 1. The SMILES string of the molecule is CC1(C)C2CNCC2CN1C(=O)c1cccc(C(N)=O)c1. The third-order valence-corrected chi connectivity index (χ3v) is 5.00. The molecule has 2 amide bonds. The van der Waals surface area contributed by atoms with Gasteiger partial charge < -0.3 is 16.0 Å². The van der Waals surface area contributed by atoms with Gasteiger partial charge in [-0.1, -0.05) is 6.07 Å². The standard InChI is InChI=1S/C16H21N3O2/c1-16(2)13-8-18-7-12(13)9-19(16)15(21)11-5-3-4-10(6-11)14(17)20/h3-6,12-13,18H,7-9H2,1-2H3,(H2,17,20). The fourth-order valence-corrected chi connectivity index (χ4v) is 3.73. The second-order valence-corrected chi connectivity index (χ2v) is 6.54. The third-order valence-electron chi connectivity index (χ3n) is 5.00. The van der Waals surface area contributed by atoms with Crippen LogP contribution in [-0.2, 0) is 0 Å². The van der Waals surface area contributed by atoms with Gasteiger partial charge in [0.25, 0.3) is 5.91 Å². The van der Waals surface area contributed by atoms with Gasteiger partial charge in [-0.2, -0.15) is 0 Å². The highest BCUT2D eigenvalue weighted by molar-refractivity contribution is 5.99. The van der Waals surface area contributed by atoms with Gasteiger partial charge in [0.15, 0.2) is 0 Å². The predicted octanol–water partition coefficient (Wildman–Crippen LogP) is 0.855. The molecule has 112 valence electrons. The summed E-state index contributed by atoms with van der Waals surface area (Å²) < 4.78 is 0. The van der Waals surface area contributed by atoms with E-state index in [0.29, 0.717) is 23.0 Å². The van der Waals surface area contributed by atoms with E-state index in [1.165, 1.54) is 0 Å². The first kappa shape index (κ1) is 14.1. The fourth-order valence-electron chi connectivity index (χ4n) is 3.73. The van der Waals surface area contributed by atoms with Crippen LogP contribution in [0.25, 0.3) is 0 Å². The molecule has 5 heteroatoms. The van der Waals surface area contributed by atoms with E-state index in [1.807, 2.05) is 4.90 Å². The maximum absolute atomic E-state index is 12.8. The number of carbonyl (C=O) groups is 2. The molecule has 0 saturated carbocycles.